The molecule has 3 rings (SSSR count). The Morgan fingerprint density at radius 1 is 1.23 bits per heavy atom. The van der Waals surface area contributed by atoms with Crippen molar-refractivity contribution >= 4 is 39.4 Å². The van der Waals surface area contributed by atoms with Crippen molar-refractivity contribution in [3.05, 3.63) is 40.2 Å². The van der Waals surface area contributed by atoms with Gasteiger partial charge in [0.1, 0.15) is 4.88 Å². The maximum atomic E-state index is 13.3. The Morgan fingerprint density at radius 3 is 2.68 bits per heavy atom. The van der Waals surface area contributed by atoms with Gasteiger partial charge in [0.2, 0.25) is 0 Å². The van der Waals surface area contributed by atoms with E-state index in [0.717, 1.165) is 30.6 Å². The monoisotopic (exact) mass is 450 g/mol. The van der Waals surface area contributed by atoms with E-state index in [1.807, 2.05) is 0 Å². The molecule has 0 fully saturated rings. The van der Waals surface area contributed by atoms with Crippen molar-refractivity contribution in [2.24, 2.45) is 0 Å². The number of H-pyrrole nitrogens is 1. The SMILES string of the molecule is CCCCCN(C(=O)c1ccc2nc(C(F)F)[nH]c2c1)c1nc(C)c(C(=O)OCC)s1. The van der Waals surface area contributed by atoms with Gasteiger partial charge in [-0.3, -0.25) is 9.69 Å². The molecule has 166 valence electrons. The number of rotatable bonds is 9. The molecule has 1 amide bonds. The van der Waals surface area contributed by atoms with Gasteiger partial charge in [-0.2, -0.15) is 0 Å². The molecule has 0 saturated heterocycles. The van der Waals surface area contributed by atoms with Crippen molar-refractivity contribution in [1.82, 2.24) is 15.0 Å². The largest absolute Gasteiger partial charge is 0.462 e. The van der Waals surface area contributed by atoms with Gasteiger partial charge in [-0.05, 0) is 38.5 Å². The van der Waals surface area contributed by atoms with Crippen molar-refractivity contribution < 1.29 is 23.1 Å². The number of anilines is 1. The third-order valence-electron chi connectivity index (χ3n) is 4.66. The fourth-order valence-corrected chi connectivity index (χ4v) is 4.09. The smallest absolute Gasteiger partial charge is 0.350 e. The van der Waals surface area contributed by atoms with Crippen LogP contribution in [0.2, 0.25) is 0 Å². The average molecular weight is 451 g/mol. The number of carbonyl (C=O) groups excluding carboxylic acids is 2. The number of hydrogen-bond donors (Lipinski definition) is 1. The summed E-state index contributed by atoms with van der Waals surface area (Å²) in [5.74, 6) is -1.23. The summed E-state index contributed by atoms with van der Waals surface area (Å²) >= 11 is 1.11. The van der Waals surface area contributed by atoms with Crippen molar-refractivity contribution in [1.29, 1.82) is 0 Å². The minimum absolute atomic E-state index is 0.245. The number of thiazole rings is 1. The number of nitrogens with zero attached hydrogens (tertiary/aromatic N) is 3. The van der Waals surface area contributed by atoms with Crippen LogP contribution in [0.1, 0.15) is 71.1 Å². The second-order valence-electron chi connectivity index (χ2n) is 6.95. The average Bonchev–Trinajstić information content (AvgIpc) is 3.34. The molecule has 0 radical (unpaired) electrons. The molecule has 0 atom stereocenters. The molecule has 7 nitrogen and oxygen atoms in total. The molecule has 1 N–H and O–H groups in total. The fourth-order valence-electron chi connectivity index (χ4n) is 3.11. The molecule has 0 aliphatic carbocycles. The third-order valence-corrected chi connectivity index (χ3v) is 5.82. The van der Waals surface area contributed by atoms with E-state index in [9.17, 15) is 18.4 Å². The van der Waals surface area contributed by atoms with Gasteiger partial charge < -0.3 is 9.72 Å². The molecule has 0 aliphatic rings. The van der Waals surface area contributed by atoms with Crippen LogP contribution in [0, 0.1) is 6.92 Å². The molecule has 10 heteroatoms. The number of fused-ring (bicyclic) bond motifs is 1. The quantitative estimate of drug-likeness (QED) is 0.354. The minimum Gasteiger partial charge on any atom is -0.462 e. The lowest BCUT2D eigenvalue weighted by molar-refractivity contribution is 0.0531. The summed E-state index contributed by atoms with van der Waals surface area (Å²) in [6.45, 7) is 6.15. The van der Waals surface area contributed by atoms with Gasteiger partial charge in [0.25, 0.3) is 12.3 Å². The number of ether oxygens (including phenoxy) is 1. The second kappa shape index (κ2) is 9.95. The fraction of sp³-hybridized carbons (Fsp3) is 0.429. The first-order valence-electron chi connectivity index (χ1n) is 10.1. The summed E-state index contributed by atoms with van der Waals surface area (Å²) in [5.41, 5.74) is 1.53. The number of aromatic amines is 1. The summed E-state index contributed by atoms with van der Waals surface area (Å²) in [5, 5.41) is 0.402. The molecule has 31 heavy (non-hydrogen) atoms. The lowest BCUT2D eigenvalue weighted by Crippen LogP contribution is -2.32. The lowest BCUT2D eigenvalue weighted by Gasteiger charge is -2.20. The Morgan fingerprint density at radius 2 is 2.00 bits per heavy atom. The third kappa shape index (κ3) is 5.07. The maximum absolute atomic E-state index is 13.3. The number of benzene rings is 1. The van der Waals surface area contributed by atoms with Gasteiger partial charge in [0.15, 0.2) is 11.0 Å². The zero-order chi connectivity index (χ0) is 22.5. The normalized spacial score (nSPS) is 11.3. The van der Waals surface area contributed by atoms with Crippen LogP contribution >= 0.6 is 11.3 Å². The second-order valence-corrected chi connectivity index (χ2v) is 7.93. The van der Waals surface area contributed by atoms with E-state index in [1.54, 1.807) is 19.9 Å². The van der Waals surface area contributed by atoms with Gasteiger partial charge in [-0.15, -0.1) is 0 Å². The standard InChI is InChI=1S/C21H24F2N4O3S/c1-4-6-7-10-27(21-24-12(3)16(31-21)20(29)30-5-2)19(28)13-8-9-14-15(11-13)26-18(25-14)17(22)23/h8-9,11,17H,4-7,10H2,1-3H3,(H,25,26). The van der Waals surface area contributed by atoms with Gasteiger partial charge in [-0.1, -0.05) is 31.1 Å². The number of nitrogens with one attached hydrogen (secondary N) is 1. The molecule has 3 aromatic rings. The first-order valence-corrected chi connectivity index (χ1v) is 10.9. The molecule has 2 aromatic heterocycles. The van der Waals surface area contributed by atoms with E-state index >= 15 is 0 Å². The number of carbonyl (C=O) groups is 2. The first-order chi connectivity index (χ1) is 14.8. The molecular weight excluding hydrogens is 426 g/mol. The summed E-state index contributed by atoms with van der Waals surface area (Å²) < 4.78 is 30.9. The molecule has 0 aliphatic heterocycles. The molecule has 0 unspecified atom stereocenters. The minimum atomic E-state index is -2.73. The number of amides is 1. The molecule has 1 aromatic carbocycles. The Labute approximate surface area is 182 Å². The van der Waals surface area contributed by atoms with Crippen LogP contribution in [0.5, 0.6) is 0 Å². The van der Waals surface area contributed by atoms with Crippen molar-refractivity contribution in [2.45, 2.75) is 46.5 Å². The molecule has 0 saturated carbocycles. The highest BCUT2D eigenvalue weighted by Gasteiger charge is 2.25. The molecule has 0 bridgehead atoms. The molecule has 2 heterocycles. The zero-order valence-corrected chi connectivity index (χ0v) is 18.4. The highest BCUT2D eigenvalue weighted by atomic mass is 32.1. The van der Waals surface area contributed by atoms with E-state index < -0.39 is 18.2 Å². The van der Waals surface area contributed by atoms with Crippen molar-refractivity contribution in [2.75, 3.05) is 18.1 Å². The van der Waals surface area contributed by atoms with E-state index in [4.69, 9.17) is 4.74 Å². The van der Waals surface area contributed by atoms with Crippen molar-refractivity contribution in [3.8, 4) is 0 Å². The number of esters is 1. The Kier molecular flexibility index (Phi) is 7.32. The number of hydrogen-bond acceptors (Lipinski definition) is 6. The highest BCUT2D eigenvalue weighted by molar-refractivity contribution is 7.17. The summed E-state index contributed by atoms with van der Waals surface area (Å²) in [4.78, 5) is 38.2. The predicted molar refractivity (Wildman–Crippen MR) is 115 cm³/mol. The van der Waals surface area contributed by atoms with Crippen LogP contribution in [-0.2, 0) is 4.74 Å². The number of imidazole rings is 1. The van der Waals surface area contributed by atoms with Crippen LogP contribution in [-0.4, -0.2) is 40.0 Å². The Bertz CT molecular complexity index is 1080. The maximum Gasteiger partial charge on any atom is 0.350 e. The summed E-state index contributed by atoms with van der Waals surface area (Å²) in [7, 11) is 0. The summed E-state index contributed by atoms with van der Waals surface area (Å²) in [6, 6.07) is 4.60. The van der Waals surface area contributed by atoms with Gasteiger partial charge in [-0.25, -0.2) is 23.5 Å². The number of halogens is 2. The predicted octanol–water partition coefficient (Wildman–Crippen LogP) is 5.28. The summed E-state index contributed by atoms with van der Waals surface area (Å²) in [6.07, 6.45) is -0.0614. The van der Waals surface area contributed by atoms with Gasteiger partial charge >= 0.3 is 5.97 Å². The van der Waals surface area contributed by atoms with Crippen LogP contribution in [0.15, 0.2) is 18.2 Å². The van der Waals surface area contributed by atoms with E-state index in [1.165, 1.54) is 17.0 Å². The van der Waals surface area contributed by atoms with E-state index in [2.05, 4.69) is 21.9 Å². The van der Waals surface area contributed by atoms with E-state index in [-0.39, 0.29) is 12.5 Å². The molecular formula is C21H24F2N4O3S. The van der Waals surface area contributed by atoms with Crippen LogP contribution in [0.4, 0.5) is 13.9 Å². The van der Waals surface area contributed by atoms with E-state index in [0.29, 0.717) is 38.8 Å². The van der Waals surface area contributed by atoms with Crippen LogP contribution < -0.4 is 4.90 Å². The first kappa shape index (κ1) is 22.8. The number of aryl methyl sites for hydroxylation is 1. The number of unbranched alkanes of at least 4 members (excludes halogenated alkanes) is 2. The number of alkyl halides is 2. The zero-order valence-electron chi connectivity index (χ0n) is 17.6. The lowest BCUT2D eigenvalue weighted by atomic mass is 10.1. The highest BCUT2D eigenvalue weighted by Crippen LogP contribution is 2.29. The molecule has 0 spiro atoms. The van der Waals surface area contributed by atoms with Crippen LogP contribution in [0.3, 0.4) is 0 Å². The van der Waals surface area contributed by atoms with Crippen molar-refractivity contribution in [3.63, 3.8) is 0 Å². The Hall–Kier alpha value is -2.88. The van der Waals surface area contributed by atoms with Gasteiger partial charge in [0.05, 0.1) is 23.3 Å². The topological polar surface area (TPSA) is 88.2 Å². The van der Waals surface area contributed by atoms with Gasteiger partial charge in [0, 0.05) is 12.1 Å². The van der Waals surface area contributed by atoms with Crippen LogP contribution in [0.25, 0.3) is 11.0 Å². The Balaban J connectivity index is 1.94. The number of aromatic nitrogens is 3.